The minimum absolute atomic E-state index is 0.419. The molecule has 0 spiro atoms. The average Bonchev–Trinajstić information content (AvgIpc) is 2.30. The molecule has 0 aliphatic heterocycles. The number of hydrogen-bond acceptors (Lipinski definition) is 3. The molecular weight excluding hydrogens is 222 g/mol. The summed E-state index contributed by atoms with van der Waals surface area (Å²) in [6, 6.07) is 4.10. The first-order valence-electron chi connectivity index (χ1n) is 5.18. The molecule has 0 N–H and O–H groups in total. The third-order valence-corrected chi connectivity index (χ3v) is 2.49. The van der Waals surface area contributed by atoms with E-state index in [0.717, 1.165) is 17.8 Å². The van der Waals surface area contributed by atoms with Gasteiger partial charge in [-0.2, -0.15) is 0 Å². The summed E-state index contributed by atoms with van der Waals surface area (Å²) in [7, 11) is 0. The summed E-state index contributed by atoms with van der Waals surface area (Å²) in [5, 5.41) is 0.419. The second-order valence-electron chi connectivity index (χ2n) is 3.52. The van der Waals surface area contributed by atoms with Gasteiger partial charge in [0.2, 0.25) is 0 Å². The maximum atomic E-state index is 5.76. The predicted octanol–water partition coefficient (Wildman–Crippen LogP) is 2.68. The van der Waals surface area contributed by atoms with Crippen LogP contribution in [0.15, 0.2) is 30.7 Å². The third kappa shape index (κ3) is 2.76. The van der Waals surface area contributed by atoms with Gasteiger partial charge in [0.15, 0.2) is 0 Å². The molecule has 3 nitrogen and oxygen atoms in total. The highest BCUT2D eigenvalue weighted by atomic mass is 35.5. The van der Waals surface area contributed by atoms with Crippen LogP contribution in [-0.2, 0) is 12.8 Å². The van der Waals surface area contributed by atoms with E-state index in [2.05, 4.69) is 27.9 Å². The number of hydrogen-bond donors (Lipinski definition) is 0. The Balaban J connectivity index is 2.14. The number of nitrogens with zero attached hydrogens (tertiary/aromatic N) is 3. The highest BCUT2D eigenvalue weighted by Crippen LogP contribution is 2.08. The lowest BCUT2D eigenvalue weighted by Crippen LogP contribution is -1.96. The summed E-state index contributed by atoms with van der Waals surface area (Å²) in [6.07, 6.45) is 6.80. The molecule has 4 heteroatoms. The fourth-order valence-electron chi connectivity index (χ4n) is 1.42. The number of rotatable bonds is 3. The quantitative estimate of drug-likeness (QED) is 0.818. The smallest absolute Gasteiger partial charge is 0.147 e. The Morgan fingerprint density at radius 3 is 2.62 bits per heavy atom. The summed E-state index contributed by atoms with van der Waals surface area (Å²) in [6.45, 7) is 2.11. The molecule has 0 aliphatic rings. The van der Waals surface area contributed by atoms with Crippen molar-refractivity contribution in [3.05, 3.63) is 52.8 Å². The van der Waals surface area contributed by atoms with E-state index in [1.165, 1.54) is 11.8 Å². The molecule has 0 bridgehead atoms. The van der Waals surface area contributed by atoms with Gasteiger partial charge in [-0.25, -0.2) is 4.98 Å². The molecule has 0 fully saturated rings. The molecule has 0 atom stereocenters. The van der Waals surface area contributed by atoms with Crippen LogP contribution < -0.4 is 0 Å². The molecule has 16 heavy (non-hydrogen) atoms. The predicted molar refractivity (Wildman–Crippen MR) is 63.5 cm³/mol. The van der Waals surface area contributed by atoms with Gasteiger partial charge in [0, 0.05) is 24.5 Å². The van der Waals surface area contributed by atoms with Gasteiger partial charge >= 0.3 is 0 Å². The molecule has 2 rings (SSSR count). The molecule has 0 saturated heterocycles. The Hall–Kier alpha value is -1.48. The topological polar surface area (TPSA) is 38.7 Å². The van der Waals surface area contributed by atoms with Crippen LogP contribution in [0.1, 0.15) is 23.9 Å². The van der Waals surface area contributed by atoms with E-state index in [4.69, 9.17) is 11.6 Å². The Labute approximate surface area is 99.5 Å². The Morgan fingerprint density at radius 1 is 1.12 bits per heavy atom. The van der Waals surface area contributed by atoms with Crippen LogP contribution in [0.4, 0.5) is 0 Å². The van der Waals surface area contributed by atoms with E-state index in [1.807, 2.05) is 12.3 Å². The van der Waals surface area contributed by atoms with Crippen molar-refractivity contribution in [3.63, 3.8) is 0 Å². The SMILES string of the molecule is CCc1ccc(Cc2cncc(Cl)n2)nc1. The van der Waals surface area contributed by atoms with E-state index in [0.29, 0.717) is 11.6 Å². The van der Waals surface area contributed by atoms with Crippen LogP contribution in [-0.4, -0.2) is 15.0 Å². The van der Waals surface area contributed by atoms with Crippen molar-refractivity contribution in [3.8, 4) is 0 Å². The van der Waals surface area contributed by atoms with E-state index in [9.17, 15) is 0 Å². The van der Waals surface area contributed by atoms with Crippen molar-refractivity contribution < 1.29 is 0 Å². The fraction of sp³-hybridized carbons (Fsp3) is 0.250. The molecule has 0 unspecified atom stereocenters. The van der Waals surface area contributed by atoms with Crippen LogP contribution >= 0.6 is 11.6 Å². The summed E-state index contributed by atoms with van der Waals surface area (Å²) < 4.78 is 0. The fourth-order valence-corrected chi connectivity index (χ4v) is 1.58. The number of aromatic nitrogens is 3. The molecule has 0 radical (unpaired) electrons. The van der Waals surface area contributed by atoms with Gasteiger partial charge in [0.25, 0.3) is 0 Å². The van der Waals surface area contributed by atoms with E-state index in [1.54, 1.807) is 6.20 Å². The minimum Gasteiger partial charge on any atom is -0.261 e. The van der Waals surface area contributed by atoms with Gasteiger partial charge in [-0.15, -0.1) is 0 Å². The van der Waals surface area contributed by atoms with Crippen molar-refractivity contribution >= 4 is 11.6 Å². The number of pyridine rings is 1. The van der Waals surface area contributed by atoms with Crippen LogP contribution in [0.2, 0.25) is 5.15 Å². The van der Waals surface area contributed by atoms with Crippen molar-refractivity contribution in [1.29, 1.82) is 0 Å². The second kappa shape index (κ2) is 5.03. The number of aryl methyl sites for hydroxylation is 1. The zero-order chi connectivity index (χ0) is 11.4. The summed E-state index contributed by atoms with van der Waals surface area (Å²) in [4.78, 5) is 12.5. The first kappa shape index (κ1) is 11.0. The van der Waals surface area contributed by atoms with Gasteiger partial charge in [-0.05, 0) is 18.1 Å². The molecule has 2 aromatic rings. The van der Waals surface area contributed by atoms with Gasteiger partial charge in [0.05, 0.1) is 11.9 Å². The van der Waals surface area contributed by atoms with Gasteiger partial charge in [-0.3, -0.25) is 9.97 Å². The molecular formula is C12H12ClN3. The summed E-state index contributed by atoms with van der Waals surface area (Å²) in [5.41, 5.74) is 3.05. The summed E-state index contributed by atoms with van der Waals surface area (Å²) in [5.74, 6) is 0. The van der Waals surface area contributed by atoms with Crippen molar-refractivity contribution in [2.24, 2.45) is 0 Å². The lowest BCUT2D eigenvalue weighted by atomic mass is 10.2. The Morgan fingerprint density at radius 2 is 2.00 bits per heavy atom. The highest BCUT2D eigenvalue weighted by Gasteiger charge is 2.00. The van der Waals surface area contributed by atoms with Crippen LogP contribution in [0.25, 0.3) is 0 Å². The van der Waals surface area contributed by atoms with Crippen LogP contribution in [0.5, 0.6) is 0 Å². The molecule has 0 amide bonds. The van der Waals surface area contributed by atoms with Gasteiger partial charge in [0.1, 0.15) is 5.15 Å². The van der Waals surface area contributed by atoms with Crippen LogP contribution in [0.3, 0.4) is 0 Å². The lowest BCUT2D eigenvalue weighted by molar-refractivity contribution is 0.973. The third-order valence-electron chi connectivity index (χ3n) is 2.31. The zero-order valence-corrected chi connectivity index (χ0v) is 9.78. The van der Waals surface area contributed by atoms with Crippen molar-refractivity contribution in [2.45, 2.75) is 19.8 Å². The molecule has 0 saturated carbocycles. The summed E-state index contributed by atoms with van der Waals surface area (Å²) >= 11 is 5.76. The monoisotopic (exact) mass is 233 g/mol. The molecule has 2 heterocycles. The minimum atomic E-state index is 0.419. The second-order valence-corrected chi connectivity index (χ2v) is 3.91. The first-order valence-corrected chi connectivity index (χ1v) is 5.56. The zero-order valence-electron chi connectivity index (χ0n) is 9.02. The molecule has 0 aliphatic carbocycles. The van der Waals surface area contributed by atoms with E-state index >= 15 is 0 Å². The maximum absolute atomic E-state index is 5.76. The van der Waals surface area contributed by atoms with Crippen molar-refractivity contribution in [1.82, 2.24) is 15.0 Å². The van der Waals surface area contributed by atoms with Crippen LogP contribution in [0, 0.1) is 0 Å². The van der Waals surface area contributed by atoms with Gasteiger partial charge in [-0.1, -0.05) is 24.6 Å². The number of halogens is 1. The van der Waals surface area contributed by atoms with Gasteiger partial charge < -0.3 is 0 Å². The standard InChI is InChI=1S/C12H12ClN3/c1-2-9-3-4-10(15-6-9)5-11-7-14-8-12(13)16-11/h3-4,6-8H,2,5H2,1H3. The first-order chi connectivity index (χ1) is 7.78. The highest BCUT2D eigenvalue weighted by molar-refractivity contribution is 6.29. The molecule has 0 aromatic carbocycles. The van der Waals surface area contributed by atoms with E-state index in [-0.39, 0.29) is 0 Å². The maximum Gasteiger partial charge on any atom is 0.147 e. The van der Waals surface area contributed by atoms with E-state index < -0.39 is 0 Å². The molecule has 2 aromatic heterocycles. The van der Waals surface area contributed by atoms with Crippen molar-refractivity contribution in [2.75, 3.05) is 0 Å². The molecule has 82 valence electrons. The lowest BCUT2D eigenvalue weighted by Gasteiger charge is -2.01. The Bertz CT molecular complexity index is 468. The normalized spacial score (nSPS) is 10.4. The average molecular weight is 234 g/mol. The largest absolute Gasteiger partial charge is 0.261 e. The Kier molecular flexibility index (Phi) is 3.47.